The molecule has 5 nitrogen and oxygen atoms in total. The molecular formula is C21H31ClIN5S. The minimum Gasteiger partial charge on any atom is -0.356 e. The molecule has 1 aliphatic rings. The van der Waals surface area contributed by atoms with E-state index in [0.717, 1.165) is 36.2 Å². The molecule has 0 radical (unpaired) electrons. The van der Waals surface area contributed by atoms with E-state index in [1.165, 1.54) is 23.4 Å². The predicted octanol–water partition coefficient (Wildman–Crippen LogP) is 4.73. The van der Waals surface area contributed by atoms with Crippen LogP contribution in [0.4, 0.5) is 0 Å². The second kappa shape index (κ2) is 12.1. The van der Waals surface area contributed by atoms with Crippen molar-refractivity contribution in [2.75, 3.05) is 27.2 Å². The van der Waals surface area contributed by atoms with E-state index < -0.39 is 0 Å². The first-order valence-electron chi connectivity index (χ1n) is 9.94. The van der Waals surface area contributed by atoms with Crippen LogP contribution in [-0.4, -0.2) is 43.0 Å². The lowest BCUT2D eigenvalue weighted by molar-refractivity contribution is 0.122. The summed E-state index contributed by atoms with van der Waals surface area (Å²) in [5.41, 5.74) is 2.36. The molecule has 8 heteroatoms. The van der Waals surface area contributed by atoms with Gasteiger partial charge >= 0.3 is 0 Å². The van der Waals surface area contributed by atoms with Gasteiger partial charge in [-0.2, -0.15) is 0 Å². The predicted molar refractivity (Wildman–Crippen MR) is 135 cm³/mol. The largest absolute Gasteiger partial charge is 0.356 e. The fraction of sp³-hybridized carbons (Fsp3) is 0.524. The molecule has 1 fully saturated rings. The lowest BCUT2D eigenvalue weighted by Crippen LogP contribution is -2.44. The maximum atomic E-state index is 6.25. The molecule has 0 saturated carbocycles. The van der Waals surface area contributed by atoms with Crippen molar-refractivity contribution >= 4 is 52.9 Å². The summed E-state index contributed by atoms with van der Waals surface area (Å²) in [5.74, 6) is 1.32. The van der Waals surface area contributed by atoms with Crippen molar-refractivity contribution in [3.05, 3.63) is 50.9 Å². The van der Waals surface area contributed by atoms with E-state index in [0.29, 0.717) is 18.5 Å². The number of guanidine groups is 1. The molecule has 3 rings (SSSR count). The molecule has 1 aromatic carbocycles. The summed E-state index contributed by atoms with van der Waals surface area (Å²) < 4.78 is 0. The SMILES string of the molecule is CCc1nc(CNC(=NC)NCC2CCCN(C)C2c2cccc(Cl)c2)cs1.I. The Bertz CT molecular complexity index is 797. The minimum absolute atomic E-state index is 0. The summed E-state index contributed by atoms with van der Waals surface area (Å²) in [4.78, 5) is 11.4. The molecule has 160 valence electrons. The molecule has 2 atom stereocenters. The van der Waals surface area contributed by atoms with Gasteiger partial charge in [-0.25, -0.2) is 4.98 Å². The second-order valence-corrected chi connectivity index (χ2v) is 8.65. The van der Waals surface area contributed by atoms with Crippen LogP contribution in [-0.2, 0) is 13.0 Å². The van der Waals surface area contributed by atoms with Crippen LogP contribution in [0, 0.1) is 5.92 Å². The Morgan fingerprint density at radius 2 is 2.21 bits per heavy atom. The van der Waals surface area contributed by atoms with E-state index >= 15 is 0 Å². The minimum atomic E-state index is 0. The van der Waals surface area contributed by atoms with Crippen molar-refractivity contribution in [2.45, 2.75) is 38.8 Å². The Balaban J connectivity index is 0.00000300. The van der Waals surface area contributed by atoms with Crippen molar-refractivity contribution in [2.24, 2.45) is 10.9 Å². The second-order valence-electron chi connectivity index (χ2n) is 7.28. The Morgan fingerprint density at radius 3 is 2.90 bits per heavy atom. The number of nitrogens with one attached hydrogen (secondary N) is 2. The van der Waals surface area contributed by atoms with Gasteiger partial charge in [0.05, 0.1) is 17.2 Å². The first-order chi connectivity index (χ1) is 13.6. The lowest BCUT2D eigenvalue weighted by atomic mass is 9.85. The van der Waals surface area contributed by atoms with Crippen LogP contribution in [0.5, 0.6) is 0 Å². The fourth-order valence-corrected chi connectivity index (χ4v) is 4.85. The van der Waals surface area contributed by atoms with Gasteiger partial charge < -0.3 is 10.6 Å². The molecule has 2 aromatic rings. The summed E-state index contributed by atoms with van der Waals surface area (Å²) in [6.45, 7) is 4.81. The van der Waals surface area contributed by atoms with E-state index in [4.69, 9.17) is 11.6 Å². The van der Waals surface area contributed by atoms with Gasteiger partial charge in [-0.05, 0) is 56.5 Å². The Hall–Kier alpha value is -0.900. The van der Waals surface area contributed by atoms with Gasteiger partial charge in [0.25, 0.3) is 0 Å². The van der Waals surface area contributed by atoms with Crippen molar-refractivity contribution in [1.29, 1.82) is 0 Å². The molecular weight excluding hydrogens is 517 g/mol. The van der Waals surface area contributed by atoms with Crippen LogP contribution in [0.2, 0.25) is 5.02 Å². The normalized spacial score (nSPS) is 20.2. The third-order valence-electron chi connectivity index (χ3n) is 5.29. The highest BCUT2D eigenvalue weighted by Gasteiger charge is 2.30. The number of halogens is 2. The molecule has 0 amide bonds. The zero-order valence-electron chi connectivity index (χ0n) is 17.3. The lowest BCUT2D eigenvalue weighted by Gasteiger charge is -2.40. The molecule has 1 aliphatic heterocycles. The number of likely N-dealkylation sites (tertiary alicyclic amines) is 1. The first-order valence-corrected chi connectivity index (χ1v) is 11.2. The van der Waals surface area contributed by atoms with Gasteiger partial charge in [0.1, 0.15) is 0 Å². The van der Waals surface area contributed by atoms with Crippen molar-refractivity contribution < 1.29 is 0 Å². The van der Waals surface area contributed by atoms with E-state index in [1.54, 1.807) is 11.3 Å². The third kappa shape index (κ3) is 6.80. The number of aryl methyl sites for hydroxylation is 1. The van der Waals surface area contributed by atoms with Gasteiger partial charge in [-0.3, -0.25) is 9.89 Å². The standard InChI is InChI=1S/C21H30ClN5S.HI/c1-4-19-26-18(14-28-19)13-25-21(23-2)24-12-16-8-6-10-27(3)20(16)15-7-5-9-17(22)11-15;/h5,7,9,11,14,16,20H,4,6,8,10,12-13H2,1-3H3,(H2,23,24,25);1H. The van der Waals surface area contributed by atoms with Gasteiger partial charge in [-0.15, -0.1) is 35.3 Å². The molecule has 2 unspecified atom stereocenters. The number of benzene rings is 1. The highest BCUT2D eigenvalue weighted by Crippen LogP contribution is 2.35. The maximum absolute atomic E-state index is 6.25. The van der Waals surface area contributed by atoms with Crippen molar-refractivity contribution in [1.82, 2.24) is 20.5 Å². The van der Waals surface area contributed by atoms with E-state index in [9.17, 15) is 0 Å². The van der Waals surface area contributed by atoms with E-state index in [-0.39, 0.29) is 24.0 Å². The number of hydrogen-bond donors (Lipinski definition) is 2. The number of rotatable bonds is 6. The fourth-order valence-electron chi connectivity index (χ4n) is 3.91. The van der Waals surface area contributed by atoms with Gasteiger partial charge in [0.15, 0.2) is 5.96 Å². The topological polar surface area (TPSA) is 52.6 Å². The van der Waals surface area contributed by atoms with Crippen LogP contribution in [0.3, 0.4) is 0 Å². The Kier molecular flexibility index (Phi) is 10.1. The molecule has 1 aromatic heterocycles. The third-order valence-corrected chi connectivity index (χ3v) is 6.57. The summed E-state index contributed by atoms with van der Waals surface area (Å²) in [6.07, 6.45) is 3.39. The number of thiazole rings is 1. The van der Waals surface area contributed by atoms with Crippen LogP contribution < -0.4 is 10.6 Å². The molecule has 29 heavy (non-hydrogen) atoms. The van der Waals surface area contributed by atoms with E-state index in [1.807, 2.05) is 19.2 Å². The van der Waals surface area contributed by atoms with E-state index in [2.05, 4.69) is 57.0 Å². The number of hydrogen-bond acceptors (Lipinski definition) is 4. The average Bonchev–Trinajstić information content (AvgIpc) is 3.16. The summed E-state index contributed by atoms with van der Waals surface area (Å²) in [6, 6.07) is 8.63. The molecule has 2 heterocycles. The van der Waals surface area contributed by atoms with Gasteiger partial charge in [-0.1, -0.05) is 30.7 Å². The molecule has 1 saturated heterocycles. The number of aromatic nitrogens is 1. The molecule has 0 aliphatic carbocycles. The summed E-state index contributed by atoms with van der Waals surface area (Å²) in [5, 5.41) is 11.0. The molecule has 0 bridgehead atoms. The van der Waals surface area contributed by atoms with Crippen LogP contribution in [0.25, 0.3) is 0 Å². The van der Waals surface area contributed by atoms with Crippen LogP contribution in [0.15, 0.2) is 34.6 Å². The quantitative estimate of drug-likeness (QED) is 0.312. The first kappa shape index (κ1) is 24.4. The summed E-state index contributed by atoms with van der Waals surface area (Å²) >= 11 is 7.97. The Labute approximate surface area is 200 Å². The summed E-state index contributed by atoms with van der Waals surface area (Å²) in [7, 11) is 4.02. The monoisotopic (exact) mass is 547 g/mol. The smallest absolute Gasteiger partial charge is 0.191 e. The van der Waals surface area contributed by atoms with Crippen molar-refractivity contribution in [3.8, 4) is 0 Å². The van der Waals surface area contributed by atoms with Crippen LogP contribution >= 0.6 is 46.9 Å². The number of aliphatic imine (C=N–C) groups is 1. The van der Waals surface area contributed by atoms with Crippen molar-refractivity contribution in [3.63, 3.8) is 0 Å². The van der Waals surface area contributed by atoms with Gasteiger partial charge in [0.2, 0.25) is 0 Å². The zero-order chi connectivity index (χ0) is 19.9. The molecule has 2 N–H and O–H groups in total. The zero-order valence-corrected chi connectivity index (χ0v) is 21.2. The maximum Gasteiger partial charge on any atom is 0.191 e. The highest BCUT2D eigenvalue weighted by atomic mass is 127. The average molecular weight is 548 g/mol. The number of nitrogens with zero attached hydrogens (tertiary/aromatic N) is 3. The van der Waals surface area contributed by atoms with Crippen LogP contribution in [0.1, 0.15) is 42.1 Å². The Morgan fingerprint density at radius 1 is 1.38 bits per heavy atom. The number of piperidine rings is 1. The molecule has 0 spiro atoms. The van der Waals surface area contributed by atoms with Gasteiger partial charge in [0, 0.05) is 30.0 Å². The highest BCUT2D eigenvalue weighted by molar-refractivity contribution is 14.0.